The summed E-state index contributed by atoms with van der Waals surface area (Å²) in [5, 5.41) is 3.23. The molecule has 0 spiro atoms. The Balaban J connectivity index is 2.01. The van der Waals surface area contributed by atoms with E-state index in [1.54, 1.807) is 4.90 Å². The highest BCUT2D eigenvalue weighted by molar-refractivity contribution is 5.84. The molecule has 0 aromatic rings. The van der Waals surface area contributed by atoms with Crippen LogP contribution in [0.15, 0.2) is 0 Å². The molecule has 2 amide bonds. The Labute approximate surface area is 102 Å². The number of rotatable bonds is 2. The Morgan fingerprint density at radius 3 is 2.59 bits per heavy atom. The smallest absolute Gasteiger partial charge is 0.227 e. The van der Waals surface area contributed by atoms with Crippen molar-refractivity contribution in [3.63, 3.8) is 0 Å². The normalized spacial score (nSPS) is 37.4. The van der Waals surface area contributed by atoms with Crippen LogP contribution in [0.2, 0.25) is 0 Å². The zero-order valence-electron chi connectivity index (χ0n) is 10.5. The Hall–Kier alpha value is -1.10. The van der Waals surface area contributed by atoms with Crippen molar-refractivity contribution in [2.75, 3.05) is 26.2 Å². The van der Waals surface area contributed by atoms with Crippen molar-refractivity contribution < 1.29 is 9.59 Å². The van der Waals surface area contributed by atoms with E-state index in [1.165, 1.54) is 0 Å². The molecule has 0 aromatic carbocycles. The van der Waals surface area contributed by atoms with Gasteiger partial charge in [0.15, 0.2) is 0 Å². The molecule has 2 aliphatic rings. The van der Waals surface area contributed by atoms with Gasteiger partial charge in [-0.1, -0.05) is 6.92 Å². The first-order chi connectivity index (χ1) is 7.94. The van der Waals surface area contributed by atoms with Crippen LogP contribution in [0.4, 0.5) is 0 Å². The van der Waals surface area contributed by atoms with Crippen LogP contribution in [-0.2, 0) is 9.59 Å². The lowest BCUT2D eigenvalue weighted by atomic mass is 9.89. The molecule has 96 valence electrons. The van der Waals surface area contributed by atoms with E-state index in [2.05, 4.69) is 12.2 Å². The minimum atomic E-state index is -0.537. The second kappa shape index (κ2) is 4.29. The SMILES string of the molecule is C[C@@H]1CNC[C@H]1C(=O)N1CCC(C)(C(N)=O)C1. The van der Waals surface area contributed by atoms with E-state index < -0.39 is 5.41 Å². The van der Waals surface area contributed by atoms with Crippen molar-refractivity contribution in [2.45, 2.75) is 20.3 Å². The van der Waals surface area contributed by atoms with E-state index in [0.29, 0.717) is 25.4 Å². The number of hydrogen-bond acceptors (Lipinski definition) is 3. The highest BCUT2D eigenvalue weighted by Crippen LogP contribution is 2.31. The second-order valence-electron chi connectivity index (χ2n) is 5.68. The van der Waals surface area contributed by atoms with Crippen LogP contribution in [0.3, 0.4) is 0 Å². The molecule has 0 radical (unpaired) electrons. The van der Waals surface area contributed by atoms with Crippen molar-refractivity contribution in [1.29, 1.82) is 0 Å². The van der Waals surface area contributed by atoms with Gasteiger partial charge in [-0.25, -0.2) is 0 Å². The van der Waals surface area contributed by atoms with Gasteiger partial charge in [0.05, 0.1) is 11.3 Å². The molecule has 0 saturated carbocycles. The molecule has 17 heavy (non-hydrogen) atoms. The van der Waals surface area contributed by atoms with E-state index in [0.717, 1.165) is 13.1 Å². The van der Waals surface area contributed by atoms with Crippen LogP contribution in [0, 0.1) is 17.3 Å². The lowest BCUT2D eigenvalue weighted by Gasteiger charge is -2.24. The van der Waals surface area contributed by atoms with Crippen LogP contribution in [-0.4, -0.2) is 42.9 Å². The van der Waals surface area contributed by atoms with Gasteiger partial charge in [-0.05, 0) is 25.8 Å². The van der Waals surface area contributed by atoms with Gasteiger partial charge >= 0.3 is 0 Å². The molecular formula is C12H21N3O2. The van der Waals surface area contributed by atoms with Crippen molar-refractivity contribution in [3.05, 3.63) is 0 Å². The van der Waals surface area contributed by atoms with Gasteiger partial charge in [0.25, 0.3) is 0 Å². The zero-order chi connectivity index (χ0) is 12.6. The molecule has 3 N–H and O–H groups in total. The van der Waals surface area contributed by atoms with Crippen LogP contribution in [0.1, 0.15) is 20.3 Å². The summed E-state index contributed by atoms with van der Waals surface area (Å²) in [5.41, 5.74) is 4.85. The van der Waals surface area contributed by atoms with E-state index in [9.17, 15) is 9.59 Å². The van der Waals surface area contributed by atoms with Crippen molar-refractivity contribution in [3.8, 4) is 0 Å². The van der Waals surface area contributed by atoms with Gasteiger partial charge in [-0.3, -0.25) is 9.59 Å². The van der Waals surface area contributed by atoms with Crippen LogP contribution >= 0.6 is 0 Å². The van der Waals surface area contributed by atoms with Crippen molar-refractivity contribution >= 4 is 11.8 Å². The Bertz CT molecular complexity index is 345. The molecule has 2 aliphatic heterocycles. The molecule has 2 saturated heterocycles. The first-order valence-corrected chi connectivity index (χ1v) is 6.23. The number of nitrogens with one attached hydrogen (secondary N) is 1. The molecule has 2 rings (SSSR count). The average Bonchev–Trinajstić information content (AvgIpc) is 2.85. The molecule has 0 aliphatic carbocycles. The molecule has 2 fully saturated rings. The molecule has 1 unspecified atom stereocenters. The number of primary amides is 1. The topological polar surface area (TPSA) is 75.4 Å². The largest absolute Gasteiger partial charge is 0.369 e. The Kier molecular flexibility index (Phi) is 3.12. The monoisotopic (exact) mass is 239 g/mol. The van der Waals surface area contributed by atoms with Gasteiger partial charge in [-0.2, -0.15) is 0 Å². The maximum Gasteiger partial charge on any atom is 0.227 e. The lowest BCUT2D eigenvalue weighted by molar-refractivity contribution is -0.135. The minimum absolute atomic E-state index is 0.0604. The Morgan fingerprint density at radius 2 is 2.12 bits per heavy atom. The lowest BCUT2D eigenvalue weighted by Crippen LogP contribution is -2.41. The summed E-state index contributed by atoms with van der Waals surface area (Å²) < 4.78 is 0. The summed E-state index contributed by atoms with van der Waals surface area (Å²) >= 11 is 0. The molecule has 5 nitrogen and oxygen atoms in total. The predicted octanol–water partition coefficient (Wildman–Crippen LogP) is -0.434. The highest BCUT2D eigenvalue weighted by atomic mass is 16.2. The van der Waals surface area contributed by atoms with E-state index in [1.807, 2.05) is 6.92 Å². The summed E-state index contributed by atoms with van der Waals surface area (Å²) in [4.78, 5) is 25.5. The van der Waals surface area contributed by atoms with Gasteiger partial charge in [-0.15, -0.1) is 0 Å². The average molecular weight is 239 g/mol. The molecular weight excluding hydrogens is 218 g/mol. The summed E-state index contributed by atoms with van der Waals surface area (Å²) in [6.07, 6.45) is 0.683. The third-order valence-corrected chi connectivity index (χ3v) is 4.21. The van der Waals surface area contributed by atoms with Gasteiger partial charge in [0.1, 0.15) is 0 Å². The van der Waals surface area contributed by atoms with Crippen LogP contribution in [0.25, 0.3) is 0 Å². The minimum Gasteiger partial charge on any atom is -0.369 e. The number of hydrogen-bond donors (Lipinski definition) is 2. The molecule has 3 atom stereocenters. The maximum absolute atomic E-state index is 12.3. The number of nitrogens with zero attached hydrogens (tertiary/aromatic N) is 1. The number of carbonyl (C=O) groups excluding carboxylic acids is 2. The van der Waals surface area contributed by atoms with Gasteiger partial charge in [0.2, 0.25) is 11.8 Å². The number of carbonyl (C=O) groups is 2. The predicted molar refractivity (Wildman–Crippen MR) is 64.0 cm³/mol. The van der Waals surface area contributed by atoms with Gasteiger partial charge in [0, 0.05) is 19.6 Å². The maximum atomic E-state index is 12.3. The third kappa shape index (κ3) is 2.16. The van der Waals surface area contributed by atoms with E-state index in [-0.39, 0.29) is 17.7 Å². The zero-order valence-corrected chi connectivity index (χ0v) is 10.5. The first kappa shape index (κ1) is 12.4. The number of nitrogens with two attached hydrogens (primary N) is 1. The Morgan fingerprint density at radius 1 is 1.41 bits per heavy atom. The molecule has 0 aromatic heterocycles. The van der Waals surface area contributed by atoms with E-state index >= 15 is 0 Å². The summed E-state index contributed by atoms with van der Waals surface area (Å²) in [6, 6.07) is 0. The van der Waals surface area contributed by atoms with E-state index in [4.69, 9.17) is 5.73 Å². The fraction of sp³-hybridized carbons (Fsp3) is 0.833. The third-order valence-electron chi connectivity index (χ3n) is 4.21. The standard InChI is InChI=1S/C12H21N3O2/c1-8-5-14-6-9(8)10(16)15-4-3-12(2,7-15)11(13)17/h8-9,14H,3-7H2,1-2H3,(H2,13,17)/t8-,9-,12?/m1/s1. The van der Waals surface area contributed by atoms with Crippen LogP contribution in [0.5, 0.6) is 0 Å². The quantitative estimate of drug-likeness (QED) is 0.686. The molecule has 5 heteroatoms. The van der Waals surface area contributed by atoms with Crippen molar-refractivity contribution in [2.24, 2.45) is 23.0 Å². The summed E-state index contributed by atoms with van der Waals surface area (Å²) in [5.74, 6) is 0.311. The highest BCUT2D eigenvalue weighted by Gasteiger charge is 2.43. The fourth-order valence-corrected chi connectivity index (χ4v) is 2.73. The van der Waals surface area contributed by atoms with Crippen molar-refractivity contribution in [1.82, 2.24) is 10.2 Å². The summed E-state index contributed by atoms with van der Waals surface area (Å²) in [6.45, 7) is 6.72. The van der Waals surface area contributed by atoms with Crippen LogP contribution < -0.4 is 11.1 Å². The number of likely N-dealkylation sites (tertiary alicyclic amines) is 1. The molecule has 0 bridgehead atoms. The summed E-state index contributed by atoms with van der Waals surface area (Å²) in [7, 11) is 0. The molecule has 2 heterocycles. The second-order valence-corrected chi connectivity index (χ2v) is 5.68. The van der Waals surface area contributed by atoms with Gasteiger partial charge < -0.3 is 16.0 Å². The first-order valence-electron chi connectivity index (χ1n) is 6.23. The fourth-order valence-electron chi connectivity index (χ4n) is 2.73. The number of amides is 2.